The van der Waals surface area contributed by atoms with Crippen LogP contribution >= 0.6 is 0 Å². The van der Waals surface area contributed by atoms with Crippen LogP contribution in [-0.4, -0.2) is 33.3 Å². The molecule has 0 aliphatic carbocycles. The summed E-state index contributed by atoms with van der Waals surface area (Å²) < 4.78 is 14.5. The smallest absolute Gasteiger partial charge is 0.341 e. The van der Waals surface area contributed by atoms with Crippen LogP contribution in [0.4, 0.5) is 0 Å². The number of rotatable bonds is 3. The first-order chi connectivity index (χ1) is 11.6. The van der Waals surface area contributed by atoms with Crippen LogP contribution in [-0.2, 0) is 9.47 Å². The summed E-state index contributed by atoms with van der Waals surface area (Å²) >= 11 is 0. The van der Waals surface area contributed by atoms with Crippen LogP contribution in [0.3, 0.4) is 0 Å². The summed E-state index contributed by atoms with van der Waals surface area (Å²) in [5.41, 5.74) is 2.25. The van der Waals surface area contributed by atoms with Gasteiger partial charge in [0.05, 0.1) is 26.9 Å². The van der Waals surface area contributed by atoms with Gasteiger partial charge in [0, 0.05) is 11.1 Å². The zero-order chi connectivity index (χ0) is 17.5. The predicted molar refractivity (Wildman–Crippen MR) is 88.1 cm³/mol. The van der Waals surface area contributed by atoms with E-state index in [9.17, 15) is 9.59 Å². The third-order valence-corrected chi connectivity index (χ3v) is 3.26. The second kappa shape index (κ2) is 7.84. The molecule has 0 heterocycles. The van der Waals surface area contributed by atoms with Crippen LogP contribution in [0.1, 0.15) is 31.8 Å². The molecular formula is C19H16O5. The zero-order valence-electron chi connectivity index (χ0n) is 13.6. The minimum atomic E-state index is -0.468. The van der Waals surface area contributed by atoms with Gasteiger partial charge in [-0.25, -0.2) is 9.59 Å². The molecule has 0 N–H and O–H groups in total. The zero-order valence-corrected chi connectivity index (χ0v) is 13.6. The van der Waals surface area contributed by atoms with E-state index in [1.165, 1.54) is 21.3 Å². The lowest BCUT2D eigenvalue weighted by Crippen LogP contribution is -2.04. The first-order valence-electron chi connectivity index (χ1n) is 7.05. The van der Waals surface area contributed by atoms with Crippen molar-refractivity contribution in [2.75, 3.05) is 21.3 Å². The molecule has 0 aliphatic heterocycles. The topological polar surface area (TPSA) is 61.8 Å². The molecular weight excluding hydrogens is 308 g/mol. The summed E-state index contributed by atoms with van der Waals surface area (Å²) in [6, 6.07) is 11.8. The minimum absolute atomic E-state index is 0.341. The number of carbonyl (C=O) groups is 2. The number of methoxy groups -OCH3 is 3. The van der Waals surface area contributed by atoms with E-state index in [4.69, 9.17) is 9.47 Å². The van der Waals surface area contributed by atoms with E-state index < -0.39 is 11.9 Å². The van der Waals surface area contributed by atoms with Gasteiger partial charge in [-0.2, -0.15) is 0 Å². The Bertz CT molecular complexity index is 810. The summed E-state index contributed by atoms with van der Waals surface area (Å²) in [6.07, 6.45) is 0. The normalized spacial score (nSPS) is 9.46. The van der Waals surface area contributed by atoms with E-state index >= 15 is 0 Å². The Morgan fingerprint density at radius 3 is 1.96 bits per heavy atom. The number of benzene rings is 2. The lowest BCUT2D eigenvalue weighted by Gasteiger charge is -2.06. The highest BCUT2D eigenvalue weighted by Crippen LogP contribution is 2.20. The third-order valence-electron chi connectivity index (χ3n) is 3.26. The standard InChI is InChI=1S/C19H16O5/c1-22-17-12-14(8-11-16(17)19(21)24-3)5-4-13-6-9-15(10-7-13)18(20)23-2/h6-12H,1-3H3. The number of carbonyl (C=O) groups excluding carboxylic acids is 2. The van der Waals surface area contributed by atoms with E-state index in [1.54, 1.807) is 42.5 Å². The predicted octanol–water partition coefficient (Wildman–Crippen LogP) is 2.67. The van der Waals surface area contributed by atoms with E-state index in [2.05, 4.69) is 16.6 Å². The first kappa shape index (κ1) is 17.1. The van der Waals surface area contributed by atoms with Crippen molar-refractivity contribution < 1.29 is 23.8 Å². The van der Waals surface area contributed by atoms with Crippen molar-refractivity contribution in [3.05, 3.63) is 64.7 Å². The van der Waals surface area contributed by atoms with Gasteiger partial charge < -0.3 is 14.2 Å². The van der Waals surface area contributed by atoms with Crippen LogP contribution < -0.4 is 4.74 Å². The Kier molecular flexibility index (Phi) is 5.58. The summed E-state index contributed by atoms with van der Waals surface area (Å²) in [4.78, 5) is 23.0. The van der Waals surface area contributed by atoms with Gasteiger partial charge in [-0.15, -0.1) is 0 Å². The summed E-state index contributed by atoms with van der Waals surface area (Å²) in [7, 11) is 4.12. The Morgan fingerprint density at radius 2 is 1.38 bits per heavy atom. The fourth-order valence-corrected chi connectivity index (χ4v) is 2.00. The fraction of sp³-hybridized carbons (Fsp3) is 0.158. The lowest BCUT2D eigenvalue weighted by molar-refractivity contribution is 0.0589. The van der Waals surface area contributed by atoms with Crippen LogP contribution in [0.2, 0.25) is 0 Å². The second-order valence-electron chi connectivity index (χ2n) is 4.73. The third kappa shape index (κ3) is 3.93. The molecule has 0 saturated carbocycles. The minimum Gasteiger partial charge on any atom is -0.496 e. The molecule has 0 radical (unpaired) electrons. The molecule has 0 saturated heterocycles. The van der Waals surface area contributed by atoms with Crippen molar-refractivity contribution in [2.24, 2.45) is 0 Å². The van der Waals surface area contributed by atoms with Crippen LogP contribution in [0.25, 0.3) is 0 Å². The average molecular weight is 324 g/mol. The Balaban J connectivity index is 2.24. The van der Waals surface area contributed by atoms with Crippen molar-refractivity contribution in [3.8, 4) is 17.6 Å². The highest BCUT2D eigenvalue weighted by atomic mass is 16.5. The SMILES string of the molecule is COC(=O)c1ccc(C#Cc2ccc(C(=O)OC)c(OC)c2)cc1. The maximum atomic E-state index is 11.6. The maximum absolute atomic E-state index is 11.6. The number of esters is 2. The van der Waals surface area contributed by atoms with Gasteiger partial charge in [0.25, 0.3) is 0 Å². The lowest BCUT2D eigenvalue weighted by atomic mass is 10.1. The molecule has 0 amide bonds. The highest BCUT2D eigenvalue weighted by molar-refractivity contribution is 5.92. The number of ether oxygens (including phenoxy) is 3. The number of hydrogen-bond acceptors (Lipinski definition) is 5. The average Bonchev–Trinajstić information content (AvgIpc) is 2.65. The summed E-state index contributed by atoms with van der Waals surface area (Å²) in [6.45, 7) is 0. The van der Waals surface area contributed by atoms with E-state index in [0.29, 0.717) is 22.4 Å². The molecule has 0 aromatic heterocycles. The fourth-order valence-electron chi connectivity index (χ4n) is 2.00. The van der Waals surface area contributed by atoms with Crippen molar-refractivity contribution >= 4 is 11.9 Å². The van der Waals surface area contributed by atoms with Gasteiger partial charge in [-0.05, 0) is 42.5 Å². The second-order valence-corrected chi connectivity index (χ2v) is 4.73. The summed E-state index contributed by atoms with van der Waals surface area (Å²) in [5.74, 6) is 5.51. The Hall–Kier alpha value is -3.26. The molecule has 0 spiro atoms. The first-order valence-corrected chi connectivity index (χ1v) is 7.05. The van der Waals surface area contributed by atoms with Crippen LogP contribution in [0.5, 0.6) is 5.75 Å². The molecule has 0 aliphatic rings. The van der Waals surface area contributed by atoms with Gasteiger partial charge in [0.1, 0.15) is 11.3 Å². The van der Waals surface area contributed by atoms with Crippen molar-refractivity contribution in [1.29, 1.82) is 0 Å². The Morgan fingerprint density at radius 1 is 0.792 bits per heavy atom. The molecule has 2 aromatic carbocycles. The van der Waals surface area contributed by atoms with Gasteiger partial charge in [0.15, 0.2) is 0 Å². The van der Waals surface area contributed by atoms with Gasteiger partial charge in [-0.1, -0.05) is 11.8 Å². The van der Waals surface area contributed by atoms with Crippen molar-refractivity contribution in [1.82, 2.24) is 0 Å². The quantitative estimate of drug-likeness (QED) is 0.642. The Labute approximate surface area is 140 Å². The molecule has 5 nitrogen and oxygen atoms in total. The molecule has 0 atom stereocenters. The van der Waals surface area contributed by atoms with E-state index in [1.807, 2.05) is 0 Å². The molecule has 122 valence electrons. The molecule has 0 unspecified atom stereocenters. The van der Waals surface area contributed by atoms with Gasteiger partial charge in [-0.3, -0.25) is 0 Å². The largest absolute Gasteiger partial charge is 0.496 e. The van der Waals surface area contributed by atoms with Gasteiger partial charge >= 0.3 is 11.9 Å². The van der Waals surface area contributed by atoms with E-state index in [-0.39, 0.29) is 0 Å². The molecule has 24 heavy (non-hydrogen) atoms. The molecule has 0 fully saturated rings. The summed E-state index contributed by atoms with van der Waals surface area (Å²) in [5, 5.41) is 0. The highest BCUT2D eigenvalue weighted by Gasteiger charge is 2.12. The van der Waals surface area contributed by atoms with Crippen molar-refractivity contribution in [2.45, 2.75) is 0 Å². The number of hydrogen-bond donors (Lipinski definition) is 0. The molecule has 5 heteroatoms. The van der Waals surface area contributed by atoms with E-state index in [0.717, 1.165) is 5.56 Å². The molecule has 2 aromatic rings. The molecule has 2 rings (SSSR count). The maximum Gasteiger partial charge on any atom is 0.341 e. The molecule has 0 bridgehead atoms. The van der Waals surface area contributed by atoms with Crippen LogP contribution in [0, 0.1) is 11.8 Å². The van der Waals surface area contributed by atoms with Gasteiger partial charge in [0.2, 0.25) is 0 Å². The van der Waals surface area contributed by atoms with Crippen LogP contribution in [0.15, 0.2) is 42.5 Å². The van der Waals surface area contributed by atoms with Crippen molar-refractivity contribution in [3.63, 3.8) is 0 Å². The monoisotopic (exact) mass is 324 g/mol.